The second kappa shape index (κ2) is 5.05. The number of aliphatic hydroxyl groups excluding tert-OH is 1. The van der Waals surface area contributed by atoms with Crippen molar-refractivity contribution in [1.29, 1.82) is 0 Å². The van der Waals surface area contributed by atoms with Gasteiger partial charge in [0.15, 0.2) is 0 Å². The maximum absolute atomic E-state index is 9.04. The zero-order valence-corrected chi connectivity index (χ0v) is 10.8. The molecule has 0 radical (unpaired) electrons. The van der Waals surface area contributed by atoms with E-state index in [1.165, 1.54) is 32.1 Å². The van der Waals surface area contributed by atoms with Crippen molar-refractivity contribution in [1.82, 2.24) is 5.32 Å². The van der Waals surface area contributed by atoms with Crippen LogP contribution in [0.1, 0.15) is 52.4 Å². The fraction of sp³-hybridized carbons (Fsp3) is 1.00. The van der Waals surface area contributed by atoms with E-state index >= 15 is 0 Å². The Morgan fingerprint density at radius 1 is 1.25 bits per heavy atom. The van der Waals surface area contributed by atoms with E-state index in [1.54, 1.807) is 0 Å². The third-order valence-electron chi connectivity index (χ3n) is 4.77. The van der Waals surface area contributed by atoms with E-state index in [2.05, 4.69) is 19.2 Å². The minimum Gasteiger partial charge on any atom is -0.396 e. The van der Waals surface area contributed by atoms with E-state index in [9.17, 15) is 0 Å². The van der Waals surface area contributed by atoms with Gasteiger partial charge < -0.3 is 10.4 Å². The van der Waals surface area contributed by atoms with E-state index < -0.39 is 0 Å². The van der Waals surface area contributed by atoms with Crippen molar-refractivity contribution < 1.29 is 5.11 Å². The molecule has 0 heterocycles. The Kier molecular flexibility index (Phi) is 3.91. The second-order valence-electron chi connectivity index (χ2n) is 6.36. The van der Waals surface area contributed by atoms with Crippen molar-refractivity contribution in [2.24, 2.45) is 17.3 Å². The molecule has 2 nitrogen and oxygen atoms in total. The van der Waals surface area contributed by atoms with Gasteiger partial charge in [-0.05, 0) is 55.8 Å². The maximum Gasteiger partial charge on any atom is 0.0436 e. The summed E-state index contributed by atoms with van der Waals surface area (Å²) in [4.78, 5) is 0. The summed E-state index contributed by atoms with van der Waals surface area (Å²) in [5.74, 6) is 1.74. The molecule has 0 aromatic carbocycles. The van der Waals surface area contributed by atoms with Crippen molar-refractivity contribution in [2.75, 3.05) is 13.2 Å². The largest absolute Gasteiger partial charge is 0.396 e. The Bertz CT molecular complexity index is 225. The standard InChI is InChI=1S/C14H27NO/c1-11-3-4-13(12(2)9-11)15-10-14(5-6-14)7-8-16/h11-13,15-16H,3-10H2,1-2H3. The van der Waals surface area contributed by atoms with Crippen molar-refractivity contribution in [2.45, 2.75) is 58.4 Å². The van der Waals surface area contributed by atoms with Gasteiger partial charge in [0.05, 0.1) is 0 Å². The van der Waals surface area contributed by atoms with E-state index in [0.29, 0.717) is 12.0 Å². The summed E-state index contributed by atoms with van der Waals surface area (Å²) >= 11 is 0. The molecule has 0 spiro atoms. The lowest BCUT2D eigenvalue weighted by Gasteiger charge is -2.34. The fourth-order valence-corrected chi connectivity index (χ4v) is 3.25. The first kappa shape index (κ1) is 12.4. The van der Waals surface area contributed by atoms with Gasteiger partial charge in [-0.1, -0.05) is 13.8 Å². The molecule has 0 saturated heterocycles. The molecule has 3 unspecified atom stereocenters. The van der Waals surface area contributed by atoms with Crippen LogP contribution in [0.25, 0.3) is 0 Å². The molecule has 2 saturated carbocycles. The molecule has 2 aliphatic carbocycles. The SMILES string of the molecule is CC1CCC(NCC2(CCO)CC2)C(C)C1. The Hall–Kier alpha value is -0.0800. The van der Waals surface area contributed by atoms with E-state index in [4.69, 9.17) is 5.11 Å². The second-order valence-corrected chi connectivity index (χ2v) is 6.36. The van der Waals surface area contributed by atoms with Gasteiger partial charge in [0.1, 0.15) is 0 Å². The van der Waals surface area contributed by atoms with Crippen molar-refractivity contribution in [3.63, 3.8) is 0 Å². The fourth-order valence-electron chi connectivity index (χ4n) is 3.25. The first-order valence-electron chi connectivity index (χ1n) is 6.99. The third kappa shape index (κ3) is 2.98. The molecule has 2 heteroatoms. The molecule has 0 aromatic rings. The summed E-state index contributed by atoms with van der Waals surface area (Å²) in [6.45, 7) is 6.26. The summed E-state index contributed by atoms with van der Waals surface area (Å²) in [6, 6.07) is 0.729. The van der Waals surface area contributed by atoms with Crippen LogP contribution >= 0.6 is 0 Å². The predicted octanol–water partition coefficient (Wildman–Crippen LogP) is 2.56. The first-order chi connectivity index (χ1) is 7.65. The summed E-state index contributed by atoms with van der Waals surface area (Å²) in [5, 5.41) is 12.8. The van der Waals surface area contributed by atoms with Gasteiger partial charge in [0.25, 0.3) is 0 Å². The van der Waals surface area contributed by atoms with Gasteiger partial charge in [0, 0.05) is 19.2 Å². The average molecular weight is 225 g/mol. The lowest BCUT2D eigenvalue weighted by atomic mass is 9.79. The number of hydrogen-bond acceptors (Lipinski definition) is 2. The van der Waals surface area contributed by atoms with Gasteiger partial charge in [-0.15, -0.1) is 0 Å². The molecule has 2 aliphatic rings. The highest BCUT2D eigenvalue weighted by molar-refractivity contribution is 4.96. The van der Waals surface area contributed by atoms with Crippen LogP contribution in [0.5, 0.6) is 0 Å². The highest BCUT2D eigenvalue weighted by Crippen LogP contribution is 2.48. The highest BCUT2D eigenvalue weighted by atomic mass is 16.3. The molecule has 16 heavy (non-hydrogen) atoms. The minimum absolute atomic E-state index is 0.360. The molecule has 94 valence electrons. The molecule has 0 bridgehead atoms. The number of nitrogens with one attached hydrogen (secondary N) is 1. The number of aliphatic hydroxyl groups is 1. The topological polar surface area (TPSA) is 32.3 Å². The van der Waals surface area contributed by atoms with Gasteiger partial charge in [-0.25, -0.2) is 0 Å². The Morgan fingerprint density at radius 2 is 2.00 bits per heavy atom. The molecular formula is C14H27NO. The smallest absolute Gasteiger partial charge is 0.0436 e. The predicted molar refractivity (Wildman–Crippen MR) is 67.3 cm³/mol. The molecule has 0 amide bonds. The first-order valence-corrected chi connectivity index (χ1v) is 6.99. The van der Waals surface area contributed by atoms with E-state index in [0.717, 1.165) is 30.8 Å². The summed E-state index contributed by atoms with van der Waals surface area (Å²) in [5.41, 5.74) is 0.470. The van der Waals surface area contributed by atoms with Gasteiger partial charge in [-0.2, -0.15) is 0 Å². The maximum atomic E-state index is 9.04. The molecular weight excluding hydrogens is 198 g/mol. The van der Waals surface area contributed by atoms with E-state index in [1.807, 2.05) is 0 Å². The van der Waals surface area contributed by atoms with Crippen molar-refractivity contribution >= 4 is 0 Å². The summed E-state index contributed by atoms with van der Waals surface area (Å²) < 4.78 is 0. The lowest BCUT2D eigenvalue weighted by molar-refractivity contribution is 0.203. The minimum atomic E-state index is 0.360. The molecule has 0 aliphatic heterocycles. The Balaban J connectivity index is 1.73. The van der Waals surface area contributed by atoms with Crippen LogP contribution in [0, 0.1) is 17.3 Å². The Morgan fingerprint density at radius 3 is 2.56 bits per heavy atom. The molecule has 2 N–H and O–H groups in total. The van der Waals surface area contributed by atoms with Crippen LogP contribution in [0.2, 0.25) is 0 Å². The zero-order valence-electron chi connectivity index (χ0n) is 10.8. The zero-order chi connectivity index (χ0) is 11.6. The van der Waals surface area contributed by atoms with Crippen molar-refractivity contribution in [3.05, 3.63) is 0 Å². The van der Waals surface area contributed by atoms with Crippen LogP contribution in [0.4, 0.5) is 0 Å². The van der Waals surface area contributed by atoms with Gasteiger partial charge in [0.2, 0.25) is 0 Å². The van der Waals surface area contributed by atoms with Gasteiger partial charge in [-0.3, -0.25) is 0 Å². The lowest BCUT2D eigenvalue weighted by Crippen LogP contribution is -2.41. The Labute approximate surface area is 99.8 Å². The molecule has 0 aromatic heterocycles. The van der Waals surface area contributed by atoms with Crippen molar-refractivity contribution in [3.8, 4) is 0 Å². The van der Waals surface area contributed by atoms with Crippen LogP contribution in [-0.2, 0) is 0 Å². The van der Waals surface area contributed by atoms with Crippen LogP contribution in [0.15, 0.2) is 0 Å². The van der Waals surface area contributed by atoms with Gasteiger partial charge >= 0.3 is 0 Å². The van der Waals surface area contributed by atoms with E-state index in [-0.39, 0.29) is 0 Å². The highest BCUT2D eigenvalue weighted by Gasteiger charge is 2.42. The number of rotatable bonds is 5. The summed E-state index contributed by atoms with van der Waals surface area (Å²) in [7, 11) is 0. The van der Waals surface area contributed by atoms with Crippen LogP contribution in [-0.4, -0.2) is 24.3 Å². The van der Waals surface area contributed by atoms with Crippen LogP contribution < -0.4 is 5.32 Å². The molecule has 2 rings (SSSR count). The molecule has 2 fully saturated rings. The van der Waals surface area contributed by atoms with Crippen LogP contribution in [0.3, 0.4) is 0 Å². The summed E-state index contributed by atoms with van der Waals surface area (Å²) in [6.07, 6.45) is 7.74. The third-order valence-corrected chi connectivity index (χ3v) is 4.77. The normalized spacial score (nSPS) is 37.3. The number of hydrogen-bond donors (Lipinski definition) is 2. The molecule has 3 atom stereocenters. The quantitative estimate of drug-likeness (QED) is 0.753. The average Bonchev–Trinajstić information content (AvgIpc) is 2.98. The monoisotopic (exact) mass is 225 g/mol.